The molecule has 1 saturated heterocycles. The number of likely N-dealkylation sites (tertiary alicyclic amines) is 1. The third-order valence-corrected chi connectivity index (χ3v) is 4.71. The number of nitrogens with one attached hydrogen (secondary N) is 2. The van der Waals surface area contributed by atoms with Gasteiger partial charge in [-0.05, 0) is 49.6 Å². The first kappa shape index (κ1) is 19.9. The van der Waals surface area contributed by atoms with Gasteiger partial charge in [-0.2, -0.15) is 0 Å². The zero-order chi connectivity index (χ0) is 19.9. The molecule has 2 aromatic rings. The van der Waals surface area contributed by atoms with Crippen LogP contribution in [0.2, 0.25) is 0 Å². The number of piperidine rings is 1. The van der Waals surface area contributed by atoms with Crippen LogP contribution >= 0.6 is 0 Å². The molecule has 3 rings (SSSR count). The Labute approximate surface area is 165 Å². The van der Waals surface area contributed by atoms with Gasteiger partial charge in [0.05, 0.1) is 17.9 Å². The van der Waals surface area contributed by atoms with Gasteiger partial charge >= 0.3 is 0 Å². The molecule has 6 heteroatoms. The van der Waals surface area contributed by atoms with Crippen molar-refractivity contribution in [1.29, 1.82) is 0 Å². The number of anilines is 2. The molecule has 0 radical (unpaired) electrons. The summed E-state index contributed by atoms with van der Waals surface area (Å²) in [4.78, 5) is 25.9. The second-order valence-electron chi connectivity index (χ2n) is 7.18. The van der Waals surface area contributed by atoms with Crippen LogP contribution in [0.5, 0.6) is 5.75 Å². The molecule has 0 aromatic heterocycles. The van der Waals surface area contributed by atoms with Crippen molar-refractivity contribution >= 4 is 23.2 Å². The van der Waals surface area contributed by atoms with Gasteiger partial charge in [0.25, 0.3) is 0 Å². The van der Waals surface area contributed by atoms with E-state index in [0.717, 1.165) is 31.7 Å². The summed E-state index contributed by atoms with van der Waals surface area (Å²) in [5, 5.41) is 5.63. The molecule has 0 saturated carbocycles. The van der Waals surface area contributed by atoms with E-state index in [4.69, 9.17) is 4.74 Å². The Morgan fingerprint density at radius 3 is 2.36 bits per heavy atom. The summed E-state index contributed by atoms with van der Waals surface area (Å²) >= 11 is 0. The topological polar surface area (TPSA) is 70.7 Å². The van der Waals surface area contributed by atoms with E-state index in [1.54, 1.807) is 12.1 Å². The Hall–Kier alpha value is -2.86. The number of hydrogen-bond donors (Lipinski definition) is 2. The van der Waals surface area contributed by atoms with Crippen molar-refractivity contribution < 1.29 is 14.3 Å². The molecule has 0 bridgehead atoms. The van der Waals surface area contributed by atoms with Crippen LogP contribution in [0, 0.1) is 6.92 Å². The molecule has 2 N–H and O–H groups in total. The third kappa shape index (κ3) is 5.82. The highest BCUT2D eigenvalue weighted by molar-refractivity contribution is 5.99. The fourth-order valence-electron chi connectivity index (χ4n) is 3.35. The Morgan fingerprint density at radius 1 is 1.04 bits per heavy atom. The van der Waals surface area contributed by atoms with Crippen LogP contribution in [-0.4, -0.2) is 42.5 Å². The number of carbonyl (C=O) groups excluding carboxylic acids is 2. The van der Waals surface area contributed by atoms with Gasteiger partial charge in [-0.15, -0.1) is 0 Å². The summed E-state index contributed by atoms with van der Waals surface area (Å²) in [5.74, 6) is 0.652. The number of rotatable bonds is 6. The normalized spacial score (nSPS) is 15.1. The Kier molecular flexibility index (Phi) is 6.66. The lowest BCUT2D eigenvalue weighted by atomic mass is 10.1. The Balaban J connectivity index is 1.47. The monoisotopic (exact) mass is 381 g/mol. The van der Waals surface area contributed by atoms with Gasteiger partial charge in [0.2, 0.25) is 11.8 Å². The van der Waals surface area contributed by atoms with Crippen molar-refractivity contribution in [2.24, 2.45) is 0 Å². The zero-order valence-corrected chi connectivity index (χ0v) is 16.4. The SMILES string of the molecule is CC(=O)Nc1ccccc1NC(=O)CN1CCC(Oc2cccc(C)c2)CC1. The van der Waals surface area contributed by atoms with Gasteiger partial charge < -0.3 is 15.4 Å². The molecule has 1 aliphatic heterocycles. The highest BCUT2D eigenvalue weighted by Crippen LogP contribution is 2.22. The zero-order valence-electron chi connectivity index (χ0n) is 16.4. The molecule has 1 heterocycles. The van der Waals surface area contributed by atoms with E-state index in [2.05, 4.69) is 28.5 Å². The quantitative estimate of drug-likeness (QED) is 0.804. The van der Waals surface area contributed by atoms with Gasteiger partial charge in [-0.25, -0.2) is 0 Å². The molecule has 28 heavy (non-hydrogen) atoms. The molecule has 0 atom stereocenters. The van der Waals surface area contributed by atoms with Crippen LogP contribution < -0.4 is 15.4 Å². The lowest BCUT2D eigenvalue weighted by Crippen LogP contribution is -2.42. The molecule has 148 valence electrons. The first-order valence-electron chi connectivity index (χ1n) is 9.62. The molecule has 0 aliphatic carbocycles. The molecule has 2 amide bonds. The largest absolute Gasteiger partial charge is 0.490 e. The maximum atomic E-state index is 12.4. The Bertz CT molecular complexity index is 829. The fraction of sp³-hybridized carbons (Fsp3) is 0.364. The first-order chi connectivity index (χ1) is 13.5. The van der Waals surface area contributed by atoms with Crippen molar-refractivity contribution in [2.75, 3.05) is 30.3 Å². The predicted molar refractivity (Wildman–Crippen MR) is 111 cm³/mol. The highest BCUT2D eigenvalue weighted by Gasteiger charge is 2.22. The minimum absolute atomic E-state index is 0.0872. The first-order valence-corrected chi connectivity index (χ1v) is 9.62. The van der Waals surface area contributed by atoms with Gasteiger partial charge in [0, 0.05) is 20.0 Å². The molecule has 2 aromatic carbocycles. The van der Waals surface area contributed by atoms with Crippen molar-refractivity contribution in [3.05, 3.63) is 54.1 Å². The lowest BCUT2D eigenvalue weighted by Gasteiger charge is -2.31. The van der Waals surface area contributed by atoms with E-state index in [0.29, 0.717) is 17.9 Å². The van der Waals surface area contributed by atoms with E-state index in [1.807, 2.05) is 30.3 Å². The average Bonchev–Trinajstić information content (AvgIpc) is 2.65. The summed E-state index contributed by atoms with van der Waals surface area (Å²) in [6.45, 7) is 5.46. The standard InChI is InChI=1S/C22H27N3O3/c1-16-6-5-7-19(14-16)28-18-10-12-25(13-11-18)15-22(27)24-21-9-4-3-8-20(21)23-17(2)26/h3-9,14,18H,10-13,15H2,1-2H3,(H,23,26)(H,24,27). The van der Waals surface area contributed by atoms with Gasteiger partial charge in [0.1, 0.15) is 11.9 Å². The average molecular weight is 381 g/mol. The summed E-state index contributed by atoms with van der Waals surface area (Å²) in [5.41, 5.74) is 2.40. The van der Waals surface area contributed by atoms with Crippen LogP contribution in [0.15, 0.2) is 48.5 Å². The van der Waals surface area contributed by atoms with E-state index < -0.39 is 0 Å². The maximum Gasteiger partial charge on any atom is 0.238 e. The van der Waals surface area contributed by atoms with Crippen molar-refractivity contribution in [3.8, 4) is 5.75 Å². The summed E-state index contributed by atoms with van der Waals surface area (Å²) in [6.07, 6.45) is 1.97. The second kappa shape index (κ2) is 9.37. The van der Waals surface area contributed by atoms with Crippen LogP contribution in [0.3, 0.4) is 0 Å². The number of amides is 2. The fourth-order valence-corrected chi connectivity index (χ4v) is 3.35. The van der Waals surface area contributed by atoms with Crippen LogP contribution in [0.25, 0.3) is 0 Å². The molecular weight excluding hydrogens is 354 g/mol. The highest BCUT2D eigenvalue weighted by atomic mass is 16.5. The van der Waals surface area contributed by atoms with Crippen LogP contribution in [0.4, 0.5) is 11.4 Å². The van der Waals surface area contributed by atoms with Gasteiger partial charge in [-0.1, -0.05) is 24.3 Å². The van der Waals surface area contributed by atoms with Gasteiger partial charge in [-0.3, -0.25) is 14.5 Å². The maximum absolute atomic E-state index is 12.4. The Morgan fingerprint density at radius 2 is 1.71 bits per heavy atom. The predicted octanol–water partition coefficient (Wildman–Crippen LogP) is 3.44. The summed E-state index contributed by atoms with van der Waals surface area (Å²) in [7, 11) is 0. The molecule has 0 unspecified atom stereocenters. The van der Waals surface area contributed by atoms with Crippen molar-refractivity contribution in [1.82, 2.24) is 4.90 Å². The minimum Gasteiger partial charge on any atom is -0.490 e. The number of nitrogens with zero attached hydrogens (tertiary/aromatic N) is 1. The second-order valence-corrected chi connectivity index (χ2v) is 7.18. The number of para-hydroxylation sites is 2. The summed E-state index contributed by atoms with van der Waals surface area (Å²) in [6, 6.07) is 15.3. The summed E-state index contributed by atoms with van der Waals surface area (Å²) < 4.78 is 6.07. The van der Waals surface area contributed by atoms with Gasteiger partial charge in [0.15, 0.2) is 0 Å². The minimum atomic E-state index is -0.169. The van der Waals surface area contributed by atoms with E-state index in [-0.39, 0.29) is 17.9 Å². The number of hydrogen-bond acceptors (Lipinski definition) is 4. The van der Waals surface area contributed by atoms with Crippen molar-refractivity contribution in [3.63, 3.8) is 0 Å². The molecular formula is C22H27N3O3. The smallest absolute Gasteiger partial charge is 0.238 e. The van der Waals surface area contributed by atoms with E-state index >= 15 is 0 Å². The molecule has 6 nitrogen and oxygen atoms in total. The van der Waals surface area contributed by atoms with E-state index in [1.165, 1.54) is 12.5 Å². The molecule has 1 fully saturated rings. The molecule has 0 spiro atoms. The van der Waals surface area contributed by atoms with E-state index in [9.17, 15) is 9.59 Å². The number of aryl methyl sites for hydroxylation is 1. The van der Waals surface area contributed by atoms with Crippen LogP contribution in [-0.2, 0) is 9.59 Å². The third-order valence-electron chi connectivity index (χ3n) is 4.71. The number of carbonyl (C=O) groups is 2. The molecule has 1 aliphatic rings. The number of benzene rings is 2. The van der Waals surface area contributed by atoms with Crippen LogP contribution in [0.1, 0.15) is 25.3 Å². The number of ether oxygens (including phenoxy) is 1. The lowest BCUT2D eigenvalue weighted by molar-refractivity contribution is -0.118. The van der Waals surface area contributed by atoms with Crippen molar-refractivity contribution in [2.45, 2.75) is 32.8 Å².